The van der Waals surface area contributed by atoms with Gasteiger partial charge in [-0.3, -0.25) is 0 Å². The summed E-state index contributed by atoms with van der Waals surface area (Å²) in [7, 11) is 0. The molecule has 0 spiro atoms. The van der Waals surface area contributed by atoms with Gasteiger partial charge in [0.15, 0.2) is 0 Å². The van der Waals surface area contributed by atoms with Crippen LogP contribution < -0.4 is 5.32 Å². The van der Waals surface area contributed by atoms with Crippen molar-refractivity contribution in [3.63, 3.8) is 0 Å². The fraction of sp³-hybridized carbons (Fsp3) is 0.545. The molecule has 1 N–H and O–H groups in total. The first kappa shape index (κ1) is 12.5. The van der Waals surface area contributed by atoms with E-state index in [1.807, 2.05) is 0 Å². The van der Waals surface area contributed by atoms with Gasteiger partial charge in [0.25, 0.3) is 0 Å². The minimum Gasteiger partial charge on any atom is -0.369 e. The van der Waals surface area contributed by atoms with Gasteiger partial charge in [-0.25, -0.2) is 4.98 Å². The van der Waals surface area contributed by atoms with E-state index in [1.54, 1.807) is 0 Å². The quantitative estimate of drug-likeness (QED) is 0.842. The Labute approximate surface area is 102 Å². The minimum atomic E-state index is -4.34. The predicted octanol–water partition coefficient (Wildman–Crippen LogP) is 3.53. The highest BCUT2D eigenvalue weighted by atomic mass is 35.5. The molecule has 1 unspecified atom stereocenters. The number of hydrogen-bond donors (Lipinski definition) is 1. The molecule has 1 atom stereocenters. The van der Waals surface area contributed by atoms with Crippen molar-refractivity contribution in [2.75, 3.05) is 11.9 Å². The van der Waals surface area contributed by atoms with Gasteiger partial charge in [-0.05, 0) is 30.9 Å². The molecule has 2 nitrogen and oxygen atoms in total. The van der Waals surface area contributed by atoms with E-state index in [1.165, 1.54) is 6.07 Å². The Kier molecular flexibility index (Phi) is 3.47. The van der Waals surface area contributed by atoms with Crippen LogP contribution in [0.15, 0.2) is 18.3 Å². The zero-order valence-corrected chi connectivity index (χ0v) is 9.72. The van der Waals surface area contributed by atoms with Crippen molar-refractivity contribution in [2.45, 2.75) is 24.4 Å². The van der Waals surface area contributed by atoms with Gasteiger partial charge in [-0.2, -0.15) is 13.2 Å². The van der Waals surface area contributed by atoms with E-state index in [9.17, 15) is 13.2 Å². The molecule has 1 aliphatic carbocycles. The largest absolute Gasteiger partial charge is 0.417 e. The first-order valence-corrected chi connectivity index (χ1v) is 5.81. The van der Waals surface area contributed by atoms with Crippen LogP contribution in [0.25, 0.3) is 0 Å². The van der Waals surface area contributed by atoms with Gasteiger partial charge in [0.05, 0.1) is 10.9 Å². The summed E-state index contributed by atoms with van der Waals surface area (Å²) >= 11 is 6.06. The average Bonchev–Trinajstić information content (AvgIpc) is 3.09. The zero-order valence-electron chi connectivity index (χ0n) is 8.97. The molecule has 1 heterocycles. The molecular formula is C11H12ClF3N2. The Bertz CT molecular complexity index is 373. The van der Waals surface area contributed by atoms with Crippen LogP contribution in [0.5, 0.6) is 0 Å². The van der Waals surface area contributed by atoms with Crippen LogP contribution in [0.3, 0.4) is 0 Å². The third-order valence-corrected chi connectivity index (χ3v) is 3.21. The molecule has 2 rings (SSSR count). The Morgan fingerprint density at radius 3 is 2.59 bits per heavy atom. The van der Waals surface area contributed by atoms with Crippen molar-refractivity contribution in [3.8, 4) is 0 Å². The van der Waals surface area contributed by atoms with E-state index in [-0.39, 0.29) is 5.38 Å². The average molecular weight is 265 g/mol. The van der Waals surface area contributed by atoms with Crippen molar-refractivity contribution in [2.24, 2.45) is 5.92 Å². The molecule has 0 bridgehead atoms. The second kappa shape index (κ2) is 4.72. The fourth-order valence-electron chi connectivity index (χ4n) is 1.49. The van der Waals surface area contributed by atoms with E-state index < -0.39 is 11.7 Å². The summed E-state index contributed by atoms with van der Waals surface area (Å²) in [5, 5.41) is 2.96. The van der Waals surface area contributed by atoms with Crippen LogP contribution in [0, 0.1) is 5.92 Å². The summed E-state index contributed by atoms with van der Waals surface area (Å²) in [5.41, 5.74) is -0.743. The van der Waals surface area contributed by atoms with E-state index in [4.69, 9.17) is 11.6 Å². The topological polar surface area (TPSA) is 24.9 Å². The number of anilines is 1. The number of nitrogens with one attached hydrogen (secondary N) is 1. The van der Waals surface area contributed by atoms with Crippen molar-refractivity contribution >= 4 is 17.4 Å². The first-order valence-electron chi connectivity index (χ1n) is 5.38. The third kappa shape index (κ3) is 3.49. The van der Waals surface area contributed by atoms with E-state index >= 15 is 0 Å². The zero-order chi connectivity index (χ0) is 12.5. The lowest BCUT2D eigenvalue weighted by molar-refractivity contribution is -0.137. The number of aromatic nitrogens is 1. The Balaban J connectivity index is 1.89. The highest BCUT2D eigenvalue weighted by molar-refractivity contribution is 6.21. The second-order valence-electron chi connectivity index (χ2n) is 4.16. The molecule has 1 saturated carbocycles. The summed E-state index contributed by atoms with van der Waals surface area (Å²) in [6.45, 7) is 0.532. The normalized spacial score (nSPS) is 17.9. The van der Waals surface area contributed by atoms with Gasteiger partial charge < -0.3 is 5.32 Å². The Morgan fingerprint density at radius 2 is 2.12 bits per heavy atom. The third-order valence-electron chi connectivity index (χ3n) is 2.70. The molecule has 0 saturated heterocycles. The smallest absolute Gasteiger partial charge is 0.369 e. The summed E-state index contributed by atoms with van der Waals surface area (Å²) < 4.78 is 36.8. The van der Waals surface area contributed by atoms with Crippen LogP contribution >= 0.6 is 11.6 Å². The Hall–Kier alpha value is -0.970. The SMILES string of the molecule is FC(F)(F)c1ccc(NCC(Cl)C2CC2)nc1. The van der Waals surface area contributed by atoms with Gasteiger partial charge in [0.1, 0.15) is 5.82 Å². The van der Waals surface area contributed by atoms with Crippen LogP contribution in [-0.2, 0) is 6.18 Å². The number of alkyl halides is 4. The predicted molar refractivity (Wildman–Crippen MR) is 60.1 cm³/mol. The molecule has 17 heavy (non-hydrogen) atoms. The van der Waals surface area contributed by atoms with Gasteiger partial charge in [0.2, 0.25) is 0 Å². The van der Waals surface area contributed by atoms with Gasteiger partial charge >= 0.3 is 6.18 Å². The van der Waals surface area contributed by atoms with Crippen LogP contribution in [0.4, 0.5) is 19.0 Å². The van der Waals surface area contributed by atoms with Gasteiger partial charge in [-0.1, -0.05) is 0 Å². The van der Waals surface area contributed by atoms with Gasteiger partial charge in [-0.15, -0.1) is 11.6 Å². The molecule has 0 amide bonds. The molecule has 1 aliphatic rings. The monoisotopic (exact) mass is 264 g/mol. The number of hydrogen-bond acceptors (Lipinski definition) is 2. The summed E-state index contributed by atoms with van der Waals surface area (Å²) in [4.78, 5) is 3.71. The van der Waals surface area contributed by atoms with Crippen molar-refractivity contribution in [1.82, 2.24) is 4.98 Å². The van der Waals surface area contributed by atoms with E-state index in [2.05, 4.69) is 10.3 Å². The maximum absolute atomic E-state index is 12.3. The molecule has 0 radical (unpaired) electrons. The summed E-state index contributed by atoms with van der Waals surface area (Å²) in [5.74, 6) is 0.961. The number of nitrogens with zero attached hydrogens (tertiary/aromatic N) is 1. The molecule has 94 valence electrons. The Morgan fingerprint density at radius 1 is 1.41 bits per heavy atom. The highest BCUT2D eigenvalue weighted by Crippen LogP contribution is 2.35. The maximum atomic E-state index is 12.3. The molecule has 0 aliphatic heterocycles. The lowest BCUT2D eigenvalue weighted by Gasteiger charge is -2.11. The highest BCUT2D eigenvalue weighted by Gasteiger charge is 2.31. The lowest BCUT2D eigenvalue weighted by atomic mass is 10.2. The van der Waals surface area contributed by atoms with Crippen molar-refractivity contribution < 1.29 is 13.2 Å². The van der Waals surface area contributed by atoms with E-state index in [0.29, 0.717) is 18.3 Å². The first-order chi connectivity index (χ1) is 7.97. The molecule has 0 aromatic carbocycles. The number of pyridine rings is 1. The number of halogens is 4. The lowest BCUT2D eigenvalue weighted by Crippen LogP contribution is -2.16. The van der Waals surface area contributed by atoms with Crippen molar-refractivity contribution in [1.29, 1.82) is 0 Å². The molecule has 1 aromatic rings. The molecule has 1 fully saturated rings. The van der Waals surface area contributed by atoms with Crippen LogP contribution in [-0.4, -0.2) is 16.9 Å². The second-order valence-corrected chi connectivity index (χ2v) is 4.72. The summed E-state index contributed by atoms with van der Waals surface area (Å²) in [6.07, 6.45) is -1.25. The maximum Gasteiger partial charge on any atom is 0.417 e. The molecule has 1 aromatic heterocycles. The standard InChI is InChI=1S/C11H12ClF3N2/c12-9(7-1-2-7)6-17-10-4-3-8(5-16-10)11(13,14)15/h3-5,7,9H,1-2,6H2,(H,16,17). The number of rotatable bonds is 4. The van der Waals surface area contributed by atoms with Gasteiger partial charge in [0, 0.05) is 12.7 Å². The minimum absolute atomic E-state index is 0.0269. The van der Waals surface area contributed by atoms with Crippen molar-refractivity contribution in [3.05, 3.63) is 23.9 Å². The molecule has 6 heteroatoms. The van der Waals surface area contributed by atoms with Crippen LogP contribution in [0.1, 0.15) is 18.4 Å². The fourth-order valence-corrected chi connectivity index (χ4v) is 1.82. The van der Waals surface area contributed by atoms with Crippen LogP contribution in [0.2, 0.25) is 0 Å². The van der Waals surface area contributed by atoms with E-state index in [0.717, 1.165) is 25.1 Å². The molecular weight excluding hydrogens is 253 g/mol. The summed E-state index contributed by atoms with van der Waals surface area (Å²) in [6, 6.07) is 2.33.